The lowest BCUT2D eigenvalue weighted by Gasteiger charge is -2.33. The zero-order valence-corrected chi connectivity index (χ0v) is 18.2. The standard InChI is InChI=1S/C22H21Cl2FN4O/c1-4-19(30)29-10-9-22(12-29,20-17(25)8-7-16(23)21(20)24)26-14-5-6-15-13(2)27-28(3)18(15)11-14/h4-8,11,26H,1,9-10,12H2,2-3H3/t22-/m0/s1. The molecule has 1 aliphatic rings. The van der Waals surface area contributed by atoms with E-state index >= 15 is 4.39 Å². The van der Waals surface area contributed by atoms with E-state index in [1.54, 1.807) is 9.58 Å². The molecule has 5 nitrogen and oxygen atoms in total. The van der Waals surface area contributed by atoms with Gasteiger partial charge in [-0.3, -0.25) is 9.48 Å². The molecule has 0 unspecified atom stereocenters. The van der Waals surface area contributed by atoms with Crippen LogP contribution in [0.3, 0.4) is 0 Å². The Morgan fingerprint density at radius 2 is 2.10 bits per heavy atom. The molecule has 4 rings (SSSR count). The molecule has 0 bridgehead atoms. The monoisotopic (exact) mass is 446 g/mol. The Morgan fingerprint density at radius 1 is 1.33 bits per heavy atom. The molecular weight excluding hydrogens is 426 g/mol. The minimum Gasteiger partial charge on any atom is -0.373 e. The molecule has 156 valence electrons. The second-order valence-electron chi connectivity index (χ2n) is 7.58. The first-order valence-corrected chi connectivity index (χ1v) is 10.3. The lowest BCUT2D eigenvalue weighted by atomic mass is 9.87. The Kier molecular flexibility index (Phi) is 5.24. The van der Waals surface area contributed by atoms with Gasteiger partial charge in [-0.15, -0.1) is 0 Å². The molecule has 1 atom stereocenters. The third-order valence-electron chi connectivity index (χ3n) is 5.70. The van der Waals surface area contributed by atoms with Gasteiger partial charge in [0, 0.05) is 36.8 Å². The number of halogens is 3. The van der Waals surface area contributed by atoms with Crippen molar-refractivity contribution in [2.24, 2.45) is 7.05 Å². The Balaban J connectivity index is 1.83. The minimum atomic E-state index is -0.938. The second-order valence-corrected chi connectivity index (χ2v) is 8.37. The van der Waals surface area contributed by atoms with Gasteiger partial charge in [-0.05, 0) is 49.8 Å². The molecule has 0 saturated carbocycles. The maximum Gasteiger partial charge on any atom is 0.246 e. The largest absolute Gasteiger partial charge is 0.373 e. The van der Waals surface area contributed by atoms with Crippen molar-refractivity contribution in [1.29, 1.82) is 0 Å². The number of fused-ring (bicyclic) bond motifs is 1. The van der Waals surface area contributed by atoms with Gasteiger partial charge in [0.15, 0.2) is 0 Å². The molecule has 0 spiro atoms. The first kappa shape index (κ1) is 20.7. The van der Waals surface area contributed by atoms with Crippen molar-refractivity contribution in [2.75, 3.05) is 18.4 Å². The molecule has 0 radical (unpaired) electrons. The smallest absolute Gasteiger partial charge is 0.246 e. The normalized spacial score (nSPS) is 18.8. The number of rotatable bonds is 4. The summed E-state index contributed by atoms with van der Waals surface area (Å²) in [5, 5.41) is 9.37. The Bertz CT molecular complexity index is 1180. The molecule has 1 N–H and O–H groups in total. The Hall–Kier alpha value is -2.57. The summed E-state index contributed by atoms with van der Waals surface area (Å²) >= 11 is 12.7. The van der Waals surface area contributed by atoms with Crippen LogP contribution in [0.5, 0.6) is 0 Å². The molecule has 2 aromatic carbocycles. The summed E-state index contributed by atoms with van der Waals surface area (Å²) in [6.07, 6.45) is 1.72. The zero-order valence-electron chi connectivity index (χ0n) is 16.7. The van der Waals surface area contributed by atoms with Crippen molar-refractivity contribution >= 4 is 45.7 Å². The average Bonchev–Trinajstić information content (AvgIpc) is 3.26. The van der Waals surface area contributed by atoms with Crippen LogP contribution in [0.4, 0.5) is 10.1 Å². The Morgan fingerprint density at radius 3 is 2.83 bits per heavy atom. The highest BCUT2D eigenvalue weighted by Crippen LogP contribution is 2.43. The SMILES string of the molecule is C=CC(=O)N1CC[C@@](Nc2ccc3c(C)nn(C)c3c2)(c2c(F)ccc(Cl)c2Cl)C1. The van der Waals surface area contributed by atoms with E-state index in [-0.39, 0.29) is 28.1 Å². The van der Waals surface area contributed by atoms with E-state index < -0.39 is 11.4 Å². The molecule has 1 fully saturated rings. The fraction of sp³-hybridized carbons (Fsp3) is 0.273. The van der Waals surface area contributed by atoms with E-state index in [9.17, 15) is 4.79 Å². The van der Waals surface area contributed by atoms with Gasteiger partial charge in [-0.25, -0.2) is 4.39 Å². The van der Waals surface area contributed by atoms with Crippen LogP contribution in [0.2, 0.25) is 10.0 Å². The summed E-state index contributed by atoms with van der Waals surface area (Å²) in [5.74, 6) is -0.683. The van der Waals surface area contributed by atoms with Crippen LogP contribution in [0.1, 0.15) is 17.7 Å². The van der Waals surface area contributed by atoms with Gasteiger partial charge in [0.05, 0.1) is 26.8 Å². The van der Waals surface area contributed by atoms with Crippen LogP contribution in [-0.2, 0) is 17.4 Å². The van der Waals surface area contributed by atoms with E-state index in [4.69, 9.17) is 23.2 Å². The van der Waals surface area contributed by atoms with Gasteiger partial charge >= 0.3 is 0 Å². The van der Waals surface area contributed by atoms with Gasteiger partial charge in [0.1, 0.15) is 5.82 Å². The molecule has 1 aromatic heterocycles. The molecular formula is C22H21Cl2FN4O. The number of aromatic nitrogens is 2. The molecule has 30 heavy (non-hydrogen) atoms. The van der Waals surface area contributed by atoms with Crippen LogP contribution in [-0.4, -0.2) is 33.7 Å². The highest BCUT2D eigenvalue weighted by Gasteiger charge is 2.44. The predicted molar refractivity (Wildman–Crippen MR) is 119 cm³/mol. The van der Waals surface area contributed by atoms with Crippen molar-refractivity contribution in [3.05, 3.63) is 70.1 Å². The number of benzene rings is 2. The van der Waals surface area contributed by atoms with E-state index in [0.29, 0.717) is 13.0 Å². The Labute approximate surface area is 184 Å². The maximum absolute atomic E-state index is 15.0. The summed E-state index contributed by atoms with van der Waals surface area (Å²) in [5.41, 5.74) is 1.97. The molecule has 0 aliphatic carbocycles. The highest BCUT2D eigenvalue weighted by atomic mass is 35.5. The fourth-order valence-corrected chi connectivity index (χ4v) is 4.75. The lowest BCUT2D eigenvalue weighted by Crippen LogP contribution is -2.41. The van der Waals surface area contributed by atoms with E-state index in [1.165, 1.54) is 18.2 Å². The van der Waals surface area contributed by atoms with Gasteiger partial charge in [0.2, 0.25) is 5.91 Å². The zero-order chi connectivity index (χ0) is 21.6. The number of hydrogen-bond acceptors (Lipinski definition) is 3. The van der Waals surface area contributed by atoms with Crippen molar-refractivity contribution in [3.63, 3.8) is 0 Å². The van der Waals surface area contributed by atoms with Crippen LogP contribution in [0.15, 0.2) is 43.0 Å². The quantitative estimate of drug-likeness (QED) is 0.450. The number of nitrogens with one attached hydrogen (secondary N) is 1. The van der Waals surface area contributed by atoms with E-state index in [0.717, 1.165) is 22.3 Å². The molecule has 1 aliphatic heterocycles. The third kappa shape index (κ3) is 3.34. The fourth-order valence-electron chi connectivity index (χ4n) is 4.25. The lowest BCUT2D eigenvalue weighted by molar-refractivity contribution is -0.125. The van der Waals surface area contributed by atoms with Gasteiger partial charge < -0.3 is 10.2 Å². The van der Waals surface area contributed by atoms with Crippen molar-refractivity contribution in [1.82, 2.24) is 14.7 Å². The minimum absolute atomic E-state index is 0.148. The van der Waals surface area contributed by atoms with Gasteiger partial charge in [-0.2, -0.15) is 5.10 Å². The summed E-state index contributed by atoms with van der Waals surface area (Å²) in [4.78, 5) is 13.9. The number of nitrogens with zero attached hydrogens (tertiary/aromatic N) is 3. The maximum atomic E-state index is 15.0. The second kappa shape index (κ2) is 7.60. The van der Waals surface area contributed by atoms with Gasteiger partial charge in [-0.1, -0.05) is 29.8 Å². The first-order valence-electron chi connectivity index (χ1n) is 9.52. The number of aryl methyl sites for hydroxylation is 2. The highest BCUT2D eigenvalue weighted by molar-refractivity contribution is 6.42. The van der Waals surface area contributed by atoms with Crippen LogP contribution >= 0.6 is 23.2 Å². The van der Waals surface area contributed by atoms with Crippen molar-refractivity contribution in [2.45, 2.75) is 18.9 Å². The van der Waals surface area contributed by atoms with Crippen molar-refractivity contribution < 1.29 is 9.18 Å². The predicted octanol–water partition coefficient (Wildman–Crippen LogP) is 5.05. The topological polar surface area (TPSA) is 50.2 Å². The number of carbonyl (C=O) groups excluding carboxylic acids is 1. The van der Waals surface area contributed by atoms with Crippen LogP contribution < -0.4 is 5.32 Å². The molecule has 2 heterocycles. The average molecular weight is 447 g/mol. The number of anilines is 1. The summed E-state index contributed by atoms with van der Waals surface area (Å²) in [6, 6.07) is 8.60. The molecule has 1 amide bonds. The molecule has 8 heteroatoms. The first-order chi connectivity index (χ1) is 14.3. The number of hydrogen-bond donors (Lipinski definition) is 1. The van der Waals surface area contributed by atoms with Crippen LogP contribution in [0.25, 0.3) is 10.9 Å². The number of carbonyl (C=O) groups is 1. The van der Waals surface area contributed by atoms with Crippen LogP contribution in [0, 0.1) is 12.7 Å². The summed E-state index contributed by atoms with van der Waals surface area (Å²) in [6.45, 7) is 6.19. The van der Waals surface area contributed by atoms with E-state index in [1.807, 2.05) is 32.2 Å². The summed E-state index contributed by atoms with van der Waals surface area (Å²) in [7, 11) is 1.88. The number of amides is 1. The van der Waals surface area contributed by atoms with E-state index in [2.05, 4.69) is 17.0 Å². The number of likely N-dealkylation sites (tertiary alicyclic amines) is 1. The van der Waals surface area contributed by atoms with Crippen molar-refractivity contribution in [3.8, 4) is 0 Å². The molecule has 1 saturated heterocycles. The third-order valence-corrected chi connectivity index (χ3v) is 6.50. The summed E-state index contributed by atoms with van der Waals surface area (Å²) < 4.78 is 16.8. The van der Waals surface area contributed by atoms with Gasteiger partial charge in [0.25, 0.3) is 0 Å². The molecule has 3 aromatic rings.